The van der Waals surface area contributed by atoms with Gasteiger partial charge in [-0.2, -0.15) is 0 Å². The molecule has 1 saturated carbocycles. The van der Waals surface area contributed by atoms with Crippen LogP contribution >= 0.6 is 0 Å². The van der Waals surface area contributed by atoms with E-state index >= 15 is 0 Å². The lowest BCUT2D eigenvalue weighted by Crippen LogP contribution is -2.41. The molecule has 0 bridgehead atoms. The first-order chi connectivity index (χ1) is 8.28. The Labute approximate surface area is 109 Å². The van der Waals surface area contributed by atoms with Gasteiger partial charge >= 0.3 is 7.12 Å². The lowest BCUT2D eigenvalue weighted by atomic mass is 9.74. The molecule has 5 nitrogen and oxygen atoms in total. The van der Waals surface area contributed by atoms with Crippen molar-refractivity contribution in [3.8, 4) is 0 Å². The zero-order valence-corrected chi connectivity index (χ0v) is 11.5. The van der Waals surface area contributed by atoms with Gasteiger partial charge in [0.15, 0.2) is 0 Å². The van der Waals surface area contributed by atoms with E-state index in [0.29, 0.717) is 17.1 Å². The molecule has 0 atom stereocenters. The first kappa shape index (κ1) is 13.6. The predicted octanol–water partition coefficient (Wildman–Crippen LogP) is 1.39. The molecule has 0 radical (unpaired) electrons. The molecule has 1 aliphatic heterocycles. The molecule has 0 spiro atoms. The van der Waals surface area contributed by atoms with Crippen LogP contribution in [0.1, 0.15) is 40.5 Å². The Morgan fingerprint density at radius 1 is 1.28 bits per heavy atom. The minimum absolute atomic E-state index is 0.337. The number of rotatable bonds is 4. The zero-order chi connectivity index (χ0) is 13.6. The average molecular weight is 251 g/mol. The minimum atomic E-state index is -0.515. The van der Waals surface area contributed by atoms with Crippen molar-refractivity contribution >= 4 is 12.8 Å². The SMILES string of the molecule is CC1(C)OB(/C(=C/NN)C(=N)C2CC2)OC1(C)C. The molecule has 0 amide bonds. The van der Waals surface area contributed by atoms with Crippen LogP contribution < -0.4 is 11.3 Å². The van der Waals surface area contributed by atoms with Crippen LogP contribution in [-0.4, -0.2) is 24.0 Å². The van der Waals surface area contributed by atoms with Crippen molar-refractivity contribution in [2.24, 2.45) is 11.8 Å². The molecule has 0 aromatic rings. The van der Waals surface area contributed by atoms with Crippen molar-refractivity contribution in [2.45, 2.75) is 51.7 Å². The van der Waals surface area contributed by atoms with E-state index in [2.05, 4.69) is 5.43 Å². The molecule has 2 rings (SSSR count). The van der Waals surface area contributed by atoms with Crippen molar-refractivity contribution in [3.63, 3.8) is 0 Å². The van der Waals surface area contributed by atoms with E-state index in [1.54, 1.807) is 6.20 Å². The van der Waals surface area contributed by atoms with Crippen LogP contribution in [0, 0.1) is 11.3 Å². The van der Waals surface area contributed by atoms with Gasteiger partial charge in [0.1, 0.15) is 0 Å². The number of allylic oxidation sites excluding steroid dienone is 1. The van der Waals surface area contributed by atoms with Crippen LogP contribution in [0.3, 0.4) is 0 Å². The lowest BCUT2D eigenvalue weighted by molar-refractivity contribution is 0.00578. The van der Waals surface area contributed by atoms with Crippen molar-refractivity contribution in [3.05, 3.63) is 11.7 Å². The fourth-order valence-corrected chi connectivity index (χ4v) is 1.94. The Hall–Kier alpha value is -0.845. The highest BCUT2D eigenvalue weighted by Gasteiger charge is 2.53. The van der Waals surface area contributed by atoms with Crippen LogP contribution in [0.5, 0.6) is 0 Å². The molecule has 100 valence electrons. The molecule has 1 saturated heterocycles. The summed E-state index contributed by atoms with van der Waals surface area (Å²) >= 11 is 0. The number of nitrogens with one attached hydrogen (secondary N) is 2. The van der Waals surface area contributed by atoms with E-state index in [9.17, 15) is 0 Å². The first-order valence-electron chi connectivity index (χ1n) is 6.39. The Morgan fingerprint density at radius 2 is 1.78 bits per heavy atom. The molecule has 0 unspecified atom stereocenters. The van der Waals surface area contributed by atoms with Gasteiger partial charge in [0.2, 0.25) is 0 Å². The third-order valence-electron chi connectivity index (χ3n) is 4.04. The Kier molecular flexibility index (Phi) is 3.29. The molecular formula is C12H22BN3O2. The summed E-state index contributed by atoms with van der Waals surface area (Å²) in [4.78, 5) is 0. The second-order valence-electron chi connectivity index (χ2n) is 6.04. The van der Waals surface area contributed by atoms with Crippen molar-refractivity contribution < 1.29 is 9.31 Å². The van der Waals surface area contributed by atoms with Gasteiger partial charge in [0.05, 0.1) is 11.2 Å². The summed E-state index contributed by atoms with van der Waals surface area (Å²) in [5.41, 5.74) is 3.00. The molecule has 2 fully saturated rings. The van der Waals surface area contributed by atoms with Crippen LogP contribution in [0.25, 0.3) is 0 Å². The molecule has 0 aromatic heterocycles. The van der Waals surface area contributed by atoms with Gasteiger partial charge in [-0.15, -0.1) is 0 Å². The largest absolute Gasteiger partial charge is 0.498 e. The maximum Gasteiger partial charge on any atom is 0.498 e. The van der Waals surface area contributed by atoms with Crippen molar-refractivity contribution in [1.29, 1.82) is 5.41 Å². The van der Waals surface area contributed by atoms with Gasteiger partial charge < -0.3 is 20.1 Å². The van der Waals surface area contributed by atoms with E-state index in [-0.39, 0.29) is 0 Å². The lowest BCUT2D eigenvalue weighted by Gasteiger charge is -2.32. The van der Waals surface area contributed by atoms with Gasteiger partial charge in [-0.25, -0.2) is 0 Å². The highest BCUT2D eigenvalue weighted by molar-refractivity contribution is 6.62. The third kappa shape index (κ3) is 2.32. The third-order valence-corrected chi connectivity index (χ3v) is 4.04. The average Bonchev–Trinajstić information content (AvgIpc) is 3.03. The first-order valence-corrected chi connectivity index (χ1v) is 6.39. The fraction of sp³-hybridized carbons (Fsp3) is 0.750. The van der Waals surface area contributed by atoms with Crippen molar-refractivity contribution in [1.82, 2.24) is 5.43 Å². The highest BCUT2D eigenvalue weighted by Crippen LogP contribution is 2.40. The van der Waals surface area contributed by atoms with Gasteiger partial charge in [-0.3, -0.25) is 5.84 Å². The smallest absolute Gasteiger partial charge is 0.399 e. The molecule has 1 aliphatic carbocycles. The fourth-order valence-electron chi connectivity index (χ4n) is 1.94. The van der Waals surface area contributed by atoms with Gasteiger partial charge in [0.25, 0.3) is 0 Å². The van der Waals surface area contributed by atoms with E-state index in [1.165, 1.54) is 0 Å². The minimum Gasteiger partial charge on any atom is -0.399 e. The molecule has 6 heteroatoms. The predicted molar refractivity (Wildman–Crippen MR) is 71.9 cm³/mol. The molecule has 1 heterocycles. The van der Waals surface area contributed by atoms with Gasteiger partial charge in [-0.1, -0.05) is 0 Å². The standard InChI is InChI=1S/C12H22BN3O2/c1-11(2)12(3,4)18-13(17-11)9(7-16-15)10(14)8-5-6-8/h7-8,14,16H,5-6,15H2,1-4H3/b9-7+,14-10?. The number of hydrazine groups is 1. The van der Waals surface area contributed by atoms with E-state index < -0.39 is 18.3 Å². The topological polar surface area (TPSA) is 80.4 Å². The summed E-state index contributed by atoms with van der Waals surface area (Å²) in [6, 6.07) is 0. The molecule has 18 heavy (non-hydrogen) atoms. The van der Waals surface area contributed by atoms with Crippen LogP contribution in [0.4, 0.5) is 0 Å². The number of hydrogen-bond donors (Lipinski definition) is 3. The maximum atomic E-state index is 8.17. The summed E-state index contributed by atoms with van der Waals surface area (Å²) in [6.45, 7) is 8.00. The van der Waals surface area contributed by atoms with E-state index in [4.69, 9.17) is 20.6 Å². The van der Waals surface area contributed by atoms with Crippen molar-refractivity contribution in [2.75, 3.05) is 0 Å². The number of hydrogen-bond acceptors (Lipinski definition) is 5. The summed E-state index contributed by atoms with van der Waals surface area (Å²) in [5.74, 6) is 5.69. The Bertz CT molecular complexity index is 373. The Morgan fingerprint density at radius 3 is 2.17 bits per heavy atom. The normalized spacial score (nSPS) is 26.3. The molecule has 2 aliphatic rings. The maximum absolute atomic E-state index is 8.17. The molecule has 4 N–H and O–H groups in total. The Balaban J connectivity index is 2.19. The molecular weight excluding hydrogens is 229 g/mol. The molecule has 0 aromatic carbocycles. The van der Waals surface area contributed by atoms with E-state index in [1.807, 2.05) is 27.7 Å². The monoisotopic (exact) mass is 251 g/mol. The summed E-state index contributed by atoms with van der Waals surface area (Å²) < 4.78 is 11.9. The van der Waals surface area contributed by atoms with E-state index in [0.717, 1.165) is 12.8 Å². The second-order valence-corrected chi connectivity index (χ2v) is 6.04. The summed E-state index contributed by atoms with van der Waals surface area (Å²) in [6.07, 6.45) is 3.75. The number of nitrogens with two attached hydrogens (primary N) is 1. The zero-order valence-electron chi connectivity index (χ0n) is 11.5. The second kappa shape index (κ2) is 4.37. The van der Waals surface area contributed by atoms with Crippen LogP contribution in [-0.2, 0) is 9.31 Å². The van der Waals surface area contributed by atoms with Gasteiger partial charge in [-0.05, 0) is 40.5 Å². The van der Waals surface area contributed by atoms with Gasteiger partial charge in [0, 0.05) is 23.3 Å². The highest BCUT2D eigenvalue weighted by atomic mass is 16.7. The summed E-state index contributed by atoms with van der Waals surface area (Å²) in [7, 11) is -0.515. The van der Waals surface area contributed by atoms with Crippen LogP contribution in [0.2, 0.25) is 0 Å². The summed E-state index contributed by atoms with van der Waals surface area (Å²) in [5, 5.41) is 8.17. The van der Waals surface area contributed by atoms with Crippen LogP contribution in [0.15, 0.2) is 11.7 Å². The quantitative estimate of drug-likeness (QED) is 0.305.